The Morgan fingerprint density at radius 3 is 2.33 bits per heavy atom. The SMILES string of the molecule is CCCNC[C@H]1O[C@H](O)[C@@H](O)[C@H](O)[C@@H]1O. The van der Waals surface area contributed by atoms with E-state index in [-0.39, 0.29) is 0 Å². The second-order valence-electron chi connectivity index (χ2n) is 3.74. The zero-order valence-corrected chi connectivity index (χ0v) is 8.71. The predicted molar refractivity (Wildman–Crippen MR) is 52.1 cm³/mol. The van der Waals surface area contributed by atoms with Gasteiger partial charge in [0.05, 0.1) is 0 Å². The highest BCUT2D eigenvalue weighted by atomic mass is 16.6. The molecule has 0 unspecified atom stereocenters. The van der Waals surface area contributed by atoms with Crippen LogP contribution in [0.4, 0.5) is 0 Å². The lowest BCUT2D eigenvalue weighted by atomic mass is 9.99. The molecule has 0 spiro atoms. The topological polar surface area (TPSA) is 102 Å². The Labute approximate surface area is 88.5 Å². The van der Waals surface area contributed by atoms with Crippen molar-refractivity contribution in [3.63, 3.8) is 0 Å². The fourth-order valence-corrected chi connectivity index (χ4v) is 1.52. The van der Waals surface area contributed by atoms with E-state index in [0.717, 1.165) is 13.0 Å². The molecule has 15 heavy (non-hydrogen) atoms. The van der Waals surface area contributed by atoms with Crippen molar-refractivity contribution in [3.05, 3.63) is 0 Å². The molecule has 0 aromatic rings. The summed E-state index contributed by atoms with van der Waals surface area (Å²) in [4.78, 5) is 0. The second kappa shape index (κ2) is 5.74. The van der Waals surface area contributed by atoms with Gasteiger partial charge < -0.3 is 30.5 Å². The van der Waals surface area contributed by atoms with Crippen LogP contribution in [0.5, 0.6) is 0 Å². The van der Waals surface area contributed by atoms with Gasteiger partial charge in [-0.15, -0.1) is 0 Å². The van der Waals surface area contributed by atoms with Gasteiger partial charge in [-0.1, -0.05) is 6.92 Å². The Morgan fingerprint density at radius 1 is 1.07 bits per heavy atom. The molecule has 0 radical (unpaired) electrons. The van der Waals surface area contributed by atoms with E-state index in [2.05, 4.69) is 5.32 Å². The van der Waals surface area contributed by atoms with Gasteiger partial charge in [-0.3, -0.25) is 0 Å². The monoisotopic (exact) mass is 221 g/mol. The zero-order chi connectivity index (χ0) is 11.4. The summed E-state index contributed by atoms with van der Waals surface area (Å²) in [5.74, 6) is 0. The minimum atomic E-state index is -1.46. The minimum absolute atomic E-state index is 0.329. The van der Waals surface area contributed by atoms with Gasteiger partial charge in [0.1, 0.15) is 24.4 Å². The first-order valence-electron chi connectivity index (χ1n) is 5.16. The van der Waals surface area contributed by atoms with Crippen LogP contribution in [0.1, 0.15) is 13.3 Å². The van der Waals surface area contributed by atoms with Crippen molar-refractivity contribution >= 4 is 0 Å². The van der Waals surface area contributed by atoms with Crippen molar-refractivity contribution in [2.45, 2.75) is 44.1 Å². The zero-order valence-electron chi connectivity index (χ0n) is 8.71. The lowest BCUT2D eigenvalue weighted by molar-refractivity contribution is -0.280. The molecule has 0 bridgehead atoms. The Morgan fingerprint density at radius 2 is 1.73 bits per heavy atom. The second-order valence-corrected chi connectivity index (χ2v) is 3.74. The molecule has 6 heteroatoms. The average Bonchev–Trinajstić information content (AvgIpc) is 2.23. The van der Waals surface area contributed by atoms with E-state index in [4.69, 9.17) is 4.74 Å². The molecule has 90 valence electrons. The Balaban J connectivity index is 2.43. The quantitative estimate of drug-likeness (QED) is 0.345. The van der Waals surface area contributed by atoms with E-state index >= 15 is 0 Å². The molecule has 5 atom stereocenters. The van der Waals surface area contributed by atoms with Crippen LogP contribution >= 0.6 is 0 Å². The molecule has 0 aromatic carbocycles. The van der Waals surface area contributed by atoms with Crippen molar-refractivity contribution in [1.82, 2.24) is 5.32 Å². The highest BCUT2D eigenvalue weighted by molar-refractivity contribution is 4.89. The summed E-state index contributed by atoms with van der Waals surface area (Å²) in [6.45, 7) is 3.09. The molecule has 1 heterocycles. The molecule has 0 saturated carbocycles. The third-order valence-corrected chi connectivity index (χ3v) is 2.46. The first-order valence-corrected chi connectivity index (χ1v) is 5.16. The van der Waals surface area contributed by atoms with Gasteiger partial charge in [-0.25, -0.2) is 0 Å². The molecule has 1 fully saturated rings. The van der Waals surface area contributed by atoms with E-state index in [9.17, 15) is 20.4 Å². The molecule has 1 rings (SSSR count). The summed E-state index contributed by atoms with van der Waals surface area (Å²) >= 11 is 0. The summed E-state index contributed by atoms with van der Waals surface area (Å²) in [6.07, 6.45) is -5.23. The summed E-state index contributed by atoms with van der Waals surface area (Å²) in [6, 6.07) is 0. The molecular weight excluding hydrogens is 202 g/mol. The van der Waals surface area contributed by atoms with Gasteiger partial charge in [0.15, 0.2) is 6.29 Å². The highest BCUT2D eigenvalue weighted by Gasteiger charge is 2.42. The Bertz CT molecular complexity index is 191. The summed E-state index contributed by atoms with van der Waals surface area (Å²) in [5.41, 5.74) is 0. The molecule has 5 N–H and O–H groups in total. The van der Waals surface area contributed by atoms with Gasteiger partial charge in [0.2, 0.25) is 0 Å². The summed E-state index contributed by atoms with van der Waals surface area (Å²) in [7, 11) is 0. The van der Waals surface area contributed by atoms with Gasteiger partial charge >= 0.3 is 0 Å². The molecule has 6 nitrogen and oxygen atoms in total. The standard InChI is InChI=1S/C9H19NO5/c1-2-3-10-4-5-6(11)7(12)8(13)9(14)15-5/h5-14H,2-4H2,1H3/t5-,6-,7-,8+,9+/m1/s1. The van der Waals surface area contributed by atoms with Gasteiger partial charge in [0, 0.05) is 6.54 Å². The van der Waals surface area contributed by atoms with Crippen molar-refractivity contribution < 1.29 is 25.2 Å². The van der Waals surface area contributed by atoms with Crippen molar-refractivity contribution in [2.24, 2.45) is 0 Å². The lowest BCUT2D eigenvalue weighted by Gasteiger charge is -2.38. The number of nitrogens with one attached hydrogen (secondary N) is 1. The maximum absolute atomic E-state index is 9.54. The highest BCUT2D eigenvalue weighted by Crippen LogP contribution is 2.19. The normalized spacial score (nSPS) is 41.8. The molecule has 0 amide bonds. The van der Waals surface area contributed by atoms with E-state index in [0.29, 0.717) is 6.54 Å². The van der Waals surface area contributed by atoms with E-state index in [1.807, 2.05) is 6.92 Å². The van der Waals surface area contributed by atoms with E-state index in [1.54, 1.807) is 0 Å². The number of hydrogen-bond acceptors (Lipinski definition) is 6. The van der Waals surface area contributed by atoms with Crippen LogP contribution in [-0.2, 0) is 4.74 Å². The molecule has 0 aliphatic carbocycles. The fourth-order valence-electron chi connectivity index (χ4n) is 1.52. The van der Waals surface area contributed by atoms with Crippen LogP contribution in [0.15, 0.2) is 0 Å². The summed E-state index contributed by atoms with van der Waals surface area (Å²) in [5, 5.41) is 40.3. The molecule has 0 aromatic heterocycles. The molecule has 1 saturated heterocycles. The largest absolute Gasteiger partial charge is 0.388 e. The van der Waals surface area contributed by atoms with Gasteiger partial charge in [0.25, 0.3) is 0 Å². The first kappa shape index (κ1) is 12.8. The Hall–Kier alpha value is -0.240. The third kappa shape index (κ3) is 3.10. The van der Waals surface area contributed by atoms with Crippen LogP contribution in [0.2, 0.25) is 0 Å². The van der Waals surface area contributed by atoms with Crippen LogP contribution < -0.4 is 5.32 Å². The van der Waals surface area contributed by atoms with Crippen molar-refractivity contribution in [2.75, 3.05) is 13.1 Å². The smallest absolute Gasteiger partial charge is 0.184 e. The maximum atomic E-state index is 9.54. The van der Waals surface area contributed by atoms with Crippen LogP contribution in [0.3, 0.4) is 0 Å². The van der Waals surface area contributed by atoms with Crippen molar-refractivity contribution in [1.29, 1.82) is 0 Å². The number of rotatable bonds is 4. The maximum Gasteiger partial charge on any atom is 0.184 e. The first-order chi connectivity index (χ1) is 7.07. The van der Waals surface area contributed by atoms with Crippen LogP contribution in [0, 0.1) is 0 Å². The molecule has 1 aliphatic heterocycles. The van der Waals surface area contributed by atoms with Crippen molar-refractivity contribution in [3.8, 4) is 0 Å². The molecule has 1 aliphatic rings. The number of aliphatic hydroxyl groups is 4. The van der Waals surface area contributed by atoms with Gasteiger partial charge in [-0.05, 0) is 13.0 Å². The summed E-state index contributed by atoms with van der Waals surface area (Å²) < 4.78 is 4.96. The number of hydrogen-bond donors (Lipinski definition) is 5. The minimum Gasteiger partial charge on any atom is -0.388 e. The third-order valence-electron chi connectivity index (χ3n) is 2.46. The Kier molecular flexibility index (Phi) is 4.91. The molecular formula is C9H19NO5. The lowest BCUT2D eigenvalue weighted by Crippen LogP contribution is -2.59. The van der Waals surface area contributed by atoms with E-state index in [1.165, 1.54) is 0 Å². The van der Waals surface area contributed by atoms with E-state index < -0.39 is 30.7 Å². The fraction of sp³-hybridized carbons (Fsp3) is 1.00. The number of aliphatic hydroxyl groups excluding tert-OH is 4. The average molecular weight is 221 g/mol. The number of ether oxygens (including phenoxy) is 1. The van der Waals surface area contributed by atoms with Gasteiger partial charge in [-0.2, -0.15) is 0 Å². The van der Waals surface area contributed by atoms with Crippen LogP contribution in [-0.4, -0.2) is 64.2 Å². The van der Waals surface area contributed by atoms with Crippen LogP contribution in [0.25, 0.3) is 0 Å². The predicted octanol–water partition coefficient (Wildman–Crippen LogP) is -2.21.